The Morgan fingerprint density at radius 3 is 2.40 bits per heavy atom. The van der Waals surface area contributed by atoms with E-state index in [4.69, 9.17) is 14.2 Å². The van der Waals surface area contributed by atoms with Crippen LogP contribution in [0.3, 0.4) is 0 Å². The first-order valence-corrected chi connectivity index (χ1v) is 13.2. The van der Waals surface area contributed by atoms with Crippen molar-refractivity contribution >= 4 is 26.7 Å². The van der Waals surface area contributed by atoms with Crippen LogP contribution in [0.4, 0.5) is 0 Å². The second-order valence-electron chi connectivity index (χ2n) is 8.15. The lowest BCUT2D eigenvalue weighted by atomic mass is 10.1. The third-order valence-electron chi connectivity index (χ3n) is 5.76. The van der Waals surface area contributed by atoms with Gasteiger partial charge in [-0.25, -0.2) is 8.42 Å². The largest absolute Gasteiger partial charge is 0.492 e. The number of hydrogen-bond acceptors (Lipinski definition) is 6. The SMILES string of the molecule is CC[C@@H](Oc1ccc2ccccc2c1)C(=O)NCCOc1ccc(S(=O)(=O)N2CCOCC2)cc1. The van der Waals surface area contributed by atoms with Crippen LogP contribution in [0.2, 0.25) is 0 Å². The molecule has 1 N–H and O–H groups in total. The maximum Gasteiger partial charge on any atom is 0.261 e. The van der Waals surface area contributed by atoms with Gasteiger partial charge in [0.05, 0.1) is 24.7 Å². The highest BCUT2D eigenvalue weighted by Crippen LogP contribution is 2.22. The highest BCUT2D eigenvalue weighted by molar-refractivity contribution is 7.89. The number of morpholine rings is 1. The molecule has 8 nitrogen and oxygen atoms in total. The van der Waals surface area contributed by atoms with Crippen molar-refractivity contribution in [1.82, 2.24) is 9.62 Å². The van der Waals surface area contributed by atoms with Gasteiger partial charge in [0.25, 0.3) is 5.91 Å². The van der Waals surface area contributed by atoms with E-state index in [0.29, 0.717) is 50.8 Å². The molecule has 1 fully saturated rings. The molecule has 0 spiro atoms. The summed E-state index contributed by atoms with van der Waals surface area (Å²) in [7, 11) is -3.54. The topological polar surface area (TPSA) is 94.2 Å². The average Bonchev–Trinajstić information content (AvgIpc) is 2.90. The van der Waals surface area contributed by atoms with Crippen LogP contribution in [0, 0.1) is 0 Å². The van der Waals surface area contributed by atoms with E-state index in [1.807, 2.05) is 49.4 Å². The molecule has 0 aliphatic carbocycles. The summed E-state index contributed by atoms with van der Waals surface area (Å²) >= 11 is 0. The molecule has 0 aromatic heterocycles. The Kier molecular flexibility index (Phi) is 8.22. The number of carbonyl (C=O) groups excluding carboxylic acids is 1. The number of rotatable bonds is 10. The summed E-state index contributed by atoms with van der Waals surface area (Å²) in [5.41, 5.74) is 0. The molecule has 1 saturated heterocycles. The molecule has 9 heteroatoms. The van der Waals surface area contributed by atoms with E-state index in [-0.39, 0.29) is 17.4 Å². The first kappa shape index (κ1) is 25.0. The van der Waals surface area contributed by atoms with Gasteiger partial charge >= 0.3 is 0 Å². The van der Waals surface area contributed by atoms with Gasteiger partial charge in [-0.1, -0.05) is 37.3 Å². The van der Waals surface area contributed by atoms with Crippen LogP contribution < -0.4 is 14.8 Å². The zero-order valence-electron chi connectivity index (χ0n) is 19.7. The van der Waals surface area contributed by atoms with Gasteiger partial charge in [-0.3, -0.25) is 4.79 Å². The lowest BCUT2D eigenvalue weighted by molar-refractivity contribution is -0.128. The fourth-order valence-corrected chi connectivity index (χ4v) is 5.24. The first-order chi connectivity index (χ1) is 17.0. The summed E-state index contributed by atoms with van der Waals surface area (Å²) in [5.74, 6) is 0.963. The monoisotopic (exact) mass is 498 g/mol. The molecule has 0 bridgehead atoms. The van der Waals surface area contributed by atoms with Crippen LogP contribution >= 0.6 is 0 Å². The van der Waals surface area contributed by atoms with Crippen LogP contribution in [0.1, 0.15) is 13.3 Å². The van der Waals surface area contributed by atoms with Crippen LogP contribution in [0.5, 0.6) is 11.5 Å². The fraction of sp³-hybridized carbons (Fsp3) is 0.346. The van der Waals surface area contributed by atoms with Crippen molar-refractivity contribution in [2.24, 2.45) is 0 Å². The standard InChI is InChI=1S/C26H30N2O6S/c1-2-25(34-23-8-7-20-5-3-4-6-21(20)19-23)26(29)27-13-16-33-22-9-11-24(12-10-22)35(30,31)28-14-17-32-18-15-28/h3-12,19,25H,2,13-18H2,1H3,(H,27,29)/t25-/m1/s1. The average molecular weight is 499 g/mol. The number of amides is 1. The molecule has 3 aromatic rings. The number of carbonyl (C=O) groups is 1. The molecule has 186 valence electrons. The minimum Gasteiger partial charge on any atom is -0.492 e. The predicted molar refractivity (Wildman–Crippen MR) is 133 cm³/mol. The maximum atomic E-state index is 12.7. The van der Waals surface area contributed by atoms with E-state index in [0.717, 1.165) is 10.8 Å². The second kappa shape index (κ2) is 11.5. The van der Waals surface area contributed by atoms with Gasteiger partial charge in [0.15, 0.2) is 6.10 Å². The lowest BCUT2D eigenvalue weighted by Gasteiger charge is -2.26. The third-order valence-corrected chi connectivity index (χ3v) is 7.68. The number of nitrogens with zero attached hydrogens (tertiary/aromatic N) is 1. The predicted octanol–water partition coefficient (Wildman–Crippen LogP) is 3.21. The minimum absolute atomic E-state index is 0.212. The van der Waals surface area contributed by atoms with E-state index in [2.05, 4.69) is 5.32 Å². The van der Waals surface area contributed by atoms with Crippen molar-refractivity contribution < 1.29 is 27.4 Å². The number of sulfonamides is 1. The number of ether oxygens (including phenoxy) is 3. The number of hydrogen-bond donors (Lipinski definition) is 1. The summed E-state index contributed by atoms with van der Waals surface area (Å²) in [4.78, 5) is 12.8. The highest BCUT2D eigenvalue weighted by atomic mass is 32.2. The summed E-state index contributed by atoms with van der Waals surface area (Å²) in [6.45, 7) is 3.94. The summed E-state index contributed by atoms with van der Waals surface area (Å²) < 4.78 is 43.6. The molecule has 4 rings (SSSR count). The van der Waals surface area contributed by atoms with Crippen molar-refractivity contribution in [2.45, 2.75) is 24.3 Å². The molecule has 1 aliphatic rings. The number of fused-ring (bicyclic) bond motifs is 1. The van der Waals surface area contributed by atoms with E-state index in [9.17, 15) is 13.2 Å². The van der Waals surface area contributed by atoms with Gasteiger partial charge in [0, 0.05) is 13.1 Å². The van der Waals surface area contributed by atoms with Gasteiger partial charge in [-0.2, -0.15) is 4.31 Å². The number of benzene rings is 3. The normalized spacial score (nSPS) is 15.5. The molecular formula is C26H30N2O6S. The molecular weight excluding hydrogens is 468 g/mol. The Bertz CT molecular complexity index is 1240. The Balaban J connectivity index is 1.24. The molecule has 0 radical (unpaired) electrons. The van der Waals surface area contributed by atoms with Gasteiger partial charge in [-0.15, -0.1) is 0 Å². The van der Waals surface area contributed by atoms with Crippen molar-refractivity contribution in [3.8, 4) is 11.5 Å². The zero-order chi connectivity index (χ0) is 24.7. The Hall–Kier alpha value is -3.14. The van der Waals surface area contributed by atoms with E-state index in [1.165, 1.54) is 16.4 Å². The summed E-state index contributed by atoms with van der Waals surface area (Å²) in [6.07, 6.45) is -0.0839. The molecule has 0 unspecified atom stereocenters. The quantitative estimate of drug-likeness (QED) is 0.432. The summed E-state index contributed by atoms with van der Waals surface area (Å²) in [5, 5.41) is 5.00. The highest BCUT2D eigenvalue weighted by Gasteiger charge is 2.26. The van der Waals surface area contributed by atoms with E-state index < -0.39 is 16.1 Å². The molecule has 35 heavy (non-hydrogen) atoms. The van der Waals surface area contributed by atoms with Crippen molar-refractivity contribution in [1.29, 1.82) is 0 Å². The Morgan fingerprint density at radius 2 is 1.69 bits per heavy atom. The van der Waals surface area contributed by atoms with Crippen LogP contribution in [-0.4, -0.2) is 64.2 Å². The van der Waals surface area contributed by atoms with Gasteiger partial charge in [-0.05, 0) is 53.6 Å². The lowest BCUT2D eigenvalue weighted by Crippen LogP contribution is -2.40. The third kappa shape index (κ3) is 6.30. The Labute approximate surface area is 205 Å². The van der Waals surface area contributed by atoms with Crippen molar-refractivity contribution in [2.75, 3.05) is 39.5 Å². The van der Waals surface area contributed by atoms with Gasteiger partial charge in [0.1, 0.15) is 18.1 Å². The smallest absolute Gasteiger partial charge is 0.261 e. The Morgan fingerprint density at radius 1 is 1.00 bits per heavy atom. The van der Waals surface area contributed by atoms with Gasteiger partial charge in [0.2, 0.25) is 10.0 Å². The summed E-state index contributed by atoms with van der Waals surface area (Å²) in [6, 6.07) is 20.0. The fourth-order valence-electron chi connectivity index (χ4n) is 3.83. The number of nitrogens with one attached hydrogen (secondary N) is 1. The zero-order valence-corrected chi connectivity index (χ0v) is 20.5. The van der Waals surface area contributed by atoms with Crippen LogP contribution in [-0.2, 0) is 19.6 Å². The molecule has 1 heterocycles. The van der Waals surface area contributed by atoms with E-state index in [1.54, 1.807) is 12.1 Å². The molecule has 0 saturated carbocycles. The second-order valence-corrected chi connectivity index (χ2v) is 10.1. The molecule has 3 aromatic carbocycles. The maximum absolute atomic E-state index is 12.7. The minimum atomic E-state index is -3.54. The van der Waals surface area contributed by atoms with E-state index >= 15 is 0 Å². The van der Waals surface area contributed by atoms with Crippen LogP contribution in [0.25, 0.3) is 10.8 Å². The van der Waals surface area contributed by atoms with Gasteiger partial charge < -0.3 is 19.5 Å². The molecule has 1 aliphatic heterocycles. The first-order valence-electron chi connectivity index (χ1n) is 11.7. The van der Waals surface area contributed by atoms with Crippen molar-refractivity contribution in [3.05, 3.63) is 66.7 Å². The van der Waals surface area contributed by atoms with Crippen molar-refractivity contribution in [3.63, 3.8) is 0 Å². The molecule has 1 atom stereocenters. The van der Waals surface area contributed by atoms with Crippen LogP contribution in [0.15, 0.2) is 71.6 Å². The molecule has 1 amide bonds.